The number of hydrogen-bond donors (Lipinski definition) is 0. The maximum Gasteiger partial charge on any atom is 0.228 e. The molecule has 2 saturated heterocycles. The second kappa shape index (κ2) is 8.01. The molecule has 0 spiro atoms. The first kappa shape index (κ1) is 21.7. The van der Waals surface area contributed by atoms with Crippen LogP contribution < -0.4 is 9.80 Å². The second-order valence-electron chi connectivity index (χ2n) is 10.1. The summed E-state index contributed by atoms with van der Waals surface area (Å²) in [5, 5.41) is 0.990. The number of fused-ring (bicyclic) bond motifs is 1. The highest BCUT2D eigenvalue weighted by Crippen LogP contribution is 2.39. The molecule has 174 valence electrons. The second-order valence-corrected chi connectivity index (χ2v) is 10.1. The summed E-state index contributed by atoms with van der Waals surface area (Å²) < 4.78 is 16.0. The largest absolute Gasteiger partial charge is 0.369 e. The zero-order chi connectivity index (χ0) is 23.3. The van der Waals surface area contributed by atoms with Gasteiger partial charge in [-0.25, -0.2) is 14.4 Å². The lowest BCUT2D eigenvalue weighted by Crippen LogP contribution is -2.56. The first-order valence-corrected chi connectivity index (χ1v) is 11.7. The van der Waals surface area contributed by atoms with Crippen LogP contribution in [0.15, 0.2) is 36.8 Å². The van der Waals surface area contributed by atoms with Crippen molar-refractivity contribution in [2.45, 2.75) is 40.2 Å². The van der Waals surface area contributed by atoms with Crippen molar-refractivity contribution < 1.29 is 9.18 Å². The van der Waals surface area contributed by atoms with E-state index in [0.29, 0.717) is 19.6 Å². The molecule has 0 aliphatic carbocycles. The molecule has 5 rings (SSSR count). The van der Waals surface area contributed by atoms with E-state index in [4.69, 9.17) is 4.98 Å². The van der Waals surface area contributed by atoms with Gasteiger partial charge < -0.3 is 14.7 Å². The number of anilines is 2. The van der Waals surface area contributed by atoms with Crippen molar-refractivity contribution in [1.82, 2.24) is 19.4 Å². The molecule has 3 aromatic rings. The van der Waals surface area contributed by atoms with E-state index >= 15 is 0 Å². The van der Waals surface area contributed by atoms with Crippen molar-refractivity contribution in [3.05, 3.63) is 42.6 Å². The normalized spacial score (nSPS) is 19.2. The van der Waals surface area contributed by atoms with Crippen LogP contribution in [0.5, 0.6) is 0 Å². The van der Waals surface area contributed by atoms with Crippen molar-refractivity contribution in [2.75, 3.05) is 42.5 Å². The summed E-state index contributed by atoms with van der Waals surface area (Å²) in [5.74, 6) is 0.787. The van der Waals surface area contributed by atoms with E-state index in [2.05, 4.69) is 27.9 Å². The zero-order valence-corrected chi connectivity index (χ0v) is 19.8. The van der Waals surface area contributed by atoms with Crippen LogP contribution in [-0.2, 0) is 4.79 Å². The average molecular weight is 451 g/mol. The first-order valence-electron chi connectivity index (χ1n) is 11.7. The van der Waals surface area contributed by atoms with Gasteiger partial charge in [-0.05, 0) is 31.5 Å². The highest BCUT2D eigenvalue weighted by atomic mass is 19.1. The molecule has 2 fully saturated rings. The standard InChI is InChI=1S/C25H31FN6O/c1-17-14-30(24(33)25(2,3)4)11-12-31(17)22-21-20(29-9-6-10-29)15-32(23(21)28-16-27-22)19-8-5-7-18(26)13-19/h5,7-8,13,15-17H,6,9-12,14H2,1-4H3/t17-/m0/s1. The summed E-state index contributed by atoms with van der Waals surface area (Å²) in [6.45, 7) is 12.0. The number of rotatable bonds is 3. The van der Waals surface area contributed by atoms with Crippen LogP contribution >= 0.6 is 0 Å². The van der Waals surface area contributed by atoms with Crippen LogP contribution in [0.1, 0.15) is 34.1 Å². The fraction of sp³-hybridized carbons (Fsp3) is 0.480. The third-order valence-corrected chi connectivity index (χ3v) is 6.65. The summed E-state index contributed by atoms with van der Waals surface area (Å²) >= 11 is 0. The SMILES string of the molecule is C[C@H]1CN(C(=O)C(C)(C)C)CCN1c1ncnc2c1c(N1CCC1)cn2-c1cccc(F)c1. The smallest absolute Gasteiger partial charge is 0.228 e. The van der Waals surface area contributed by atoms with Gasteiger partial charge in [-0.3, -0.25) is 9.36 Å². The van der Waals surface area contributed by atoms with E-state index < -0.39 is 5.41 Å². The maximum atomic E-state index is 14.0. The van der Waals surface area contributed by atoms with Crippen molar-refractivity contribution in [1.29, 1.82) is 0 Å². The van der Waals surface area contributed by atoms with Gasteiger partial charge in [-0.1, -0.05) is 26.8 Å². The van der Waals surface area contributed by atoms with Crippen LogP contribution in [0.4, 0.5) is 15.9 Å². The van der Waals surface area contributed by atoms with Crippen LogP contribution in [-0.4, -0.2) is 64.1 Å². The summed E-state index contributed by atoms with van der Waals surface area (Å²) in [6.07, 6.45) is 4.80. The molecule has 7 nitrogen and oxygen atoms in total. The number of carbonyl (C=O) groups is 1. The average Bonchev–Trinajstić information content (AvgIpc) is 3.11. The van der Waals surface area contributed by atoms with E-state index in [0.717, 1.165) is 47.7 Å². The molecule has 2 aromatic heterocycles. The van der Waals surface area contributed by atoms with E-state index in [1.54, 1.807) is 12.4 Å². The van der Waals surface area contributed by atoms with Gasteiger partial charge in [-0.2, -0.15) is 0 Å². The van der Waals surface area contributed by atoms with Crippen molar-refractivity contribution in [3.63, 3.8) is 0 Å². The van der Waals surface area contributed by atoms with Crippen LogP contribution in [0, 0.1) is 11.2 Å². The quantitative estimate of drug-likeness (QED) is 0.607. The number of nitrogens with zero attached hydrogens (tertiary/aromatic N) is 6. The van der Waals surface area contributed by atoms with Crippen LogP contribution in [0.2, 0.25) is 0 Å². The summed E-state index contributed by atoms with van der Waals surface area (Å²) in [7, 11) is 0. The minimum absolute atomic E-state index is 0.116. The predicted octanol–water partition coefficient (Wildman–Crippen LogP) is 3.85. The minimum atomic E-state index is -0.392. The monoisotopic (exact) mass is 450 g/mol. The van der Waals surface area contributed by atoms with Gasteiger partial charge in [0.2, 0.25) is 5.91 Å². The van der Waals surface area contributed by atoms with Crippen LogP contribution in [0.3, 0.4) is 0 Å². The van der Waals surface area contributed by atoms with Gasteiger partial charge in [0.1, 0.15) is 18.0 Å². The molecule has 4 heterocycles. The molecule has 33 heavy (non-hydrogen) atoms. The number of piperazine rings is 1. The number of benzene rings is 1. The third-order valence-electron chi connectivity index (χ3n) is 6.65. The molecule has 2 aliphatic heterocycles. The summed E-state index contributed by atoms with van der Waals surface area (Å²) in [4.78, 5) is 28.8. The Bertz CT molecular complexity index is 1200. The molecule has 1 amide bonds. The maximum absolute atomic E-state index is 14.0. The number of halogens is 1. The number of carbonyl (C=O) groups excluding carboxylic acids is 1. The molecule has 0 unspecified atom stereocenters. The first-order chi connectivity index (χ1) is 15.7. The molecule has 1 atom stereocenters. The van der Waals surface area contributed by atoms with E-state index in [1.807, 2.05) is 36.3 Å². The Balaban J connectivity index is 1.56. The van der Waals surface area contributed by atoms with Crippen LogP contribution in [0.25, 0.3) is 16.7 Å². The van der Waals surface area contributed by atoms with Gasteiger partial charge >= 0.3 is 0 Å². The van der Waals surface area contributed by atoms with Gasteiger partial charge in [0, 0.05) is 56.1 Å². The predicted molar refractivity (Wildman–Crippen MR) is 128 cm³/mol. The lowest BCUT2D eigenvalue weighted by atomic mass is 9.94. The fourth-order valence-electron chi connectivity index (χ4n) is 4.80. The third kappa shape index (κ3) is 3.81. The topological polar surface area (TPSA) is 57.5 Å². The molecule has 0 bridgehead atoms. The lowest BCUT2D eigenvalue weighted by molar-refractivity contribution is -0.140. The van der Waals surface area contributed by atoms with Gasteiger partial charge in [0.25, 0.3) is 0 Å². The Labute approximate surface area is 193 Å². The summed E-state index contributed by atoms with van der Waals surface area (Å²) in [5.41, 5.74) is 2.20. The molecule has 0 N–H and O–H groups in total. The number of hydrogen-bond acceptors (Lipinski definition) is 5. The van der Waals surface area contributed by atoms with Crippen molar-refractivity contribution in [3.8, 4) is 5.69 Å². The van der Waals surface area contributed by atoms with E-state index in [9.17, 15) is 9.18 Å². The summed E-state index contributed by atoms with van der Waals surface area (Å²) in [6, 6.07) is 6.70. The Morgan fingerprint density at radius 3 is 2.55 bits per heavy atom. The van der Waals surface area contributed by atoms with E-state index in [1.165, 1.54) is 12.1 Å². The molecule has 1 aromatic carbocycles. The Hall–Kier alpha value is -3.16. The lowest BCUT2D eigenvalue weighted by Gasteiger charge is -2.43. The zero-order valence-electron chi connectivity index (χ0n) is 19.8. The molecule has 0 saturated carbocycles. The Morgan fingerprint density at radius 1 is 1.12 bits per heavy atom. The molecular weight excluding hydrogens is 419 g/mol. The van der Waals surface area contributed by atoms with Crippen molar-refractivity contribution >= 4 is 28.4 Å². The van der Waals surface area contributed by atoms with Gasteiger partial charge in [0.05, 0.1) is 11.1 Å². The number of amides is 1. The molecule has 8 heteroatoms. The molecular formula is C25H31FN6O. The minimum Gasteiger partial charge on any atom is -0.369 e. The number of aromatic nitrogens is 3. The van der Waals surface area contributed by atoms with E-state index in [-0.39, 0.29) is 17.8 Å². The van der Waals surface area contributed by atoms with Crippen molar-refractivity contribution in [2.24, 2.45) is 5.41 Å². The molecule has 0 radical (unpaired) electrons. The Morgan fingerprint density at radius 2 is 1.91 bits per heavy atom. The Kier molecular flexibility index (Phi) is 5.26. The van der Waals surface area contributed by atoms with Gasteiger partial charge in [-0.15, -0.1) is 0 Å². The fourth-order valence-corrected chi connectivity index (χ4v) is 4.80. The van der Waals surface area contributed by atoms with Gasteiger partial charge in [0.15, 0.2) is 5.65 Å². The highest BCUT2D eigenvalue weighted by Gasteiger charge is 2.34. The molecule has 2 aliphatic rings. The highest BCUT2D eigenvalue weighted by molar-refractivity contribution is 6.01.